The lowest BCUT2D eigenvalue weighted by molar-refractivity contribution is -0.141. The summed E-state index contributed by atoms with van der Waals surface area (Å²) in [5.41, 5.74) is -0.344. The van der Waals surface area contributed by atoms with Gasteiger partial charge in [0.25, 0.3) is 0 Å². The summed E-state index contributed by atoms with van der Waals surface area (Å²) in [5.74, 6) is 0.00724. The summed E-state index contributed by atoms with van der Waals surface area (Å²) in [7, 11) is -2.41. The molecule has 0 spiro atoms. The molecule has 1 aliphatic carbocycles. The number of benzene rings is 2. The van der Waals surface area contributed by atoms with Crippen molar-refractivity contribution < 1.29 is 35.9 Å². The van der Waals surface area contributed by atoms with Gasteiger partial charge in [0.2, 0.25) is 21.8 Å². The number of nitrogens with zero attached hydrogens (tertiary/aromatic N) is 2. The quantitative estimate of drug-likeness (QED) is 0.322. The Balaban J connectivity index is 1.80. The Morgan fingerprint density at radius 1 is 1.07 bits per heavy atom. The van der Waals surface area contributed by atoms with Crippen molar-refractivity contribution in [3.63, 3.8) is 0 Å². The Morgan fingerprint density at radius 3 is 2.38 bits per heavy atom. The minimum atomic E-state index is -4.64. The van der Waals surface area contributed by atoms with Gasteiger partial charge in [0.1, 0.15) is 11.8 Å². The minimum Gasteiger partial charge on any atom is -0.497 e. The first-order chi connectivity index (χ1) is 19.8. The molecule has 2 amide bonds. The maximum Gasteiger partial charge on any atom is 0.416 e. The van der Waals surface area contributed by atoms with Gasteiger partial charge in [0.05, 0.1) is 24.6 Å². The fourth-order valence-corrected chi connectivity index (χ4v) is 6.23. The zero-order valence-electron chi connectivity index (χ0n) is 24.3. The Hall–Kier alpha value is -3.28. The average Bonchev–Trinajstić information content (AvgIpc) is 2.94. The molecule has 8 nitrogen and oxygen atoms in total. The molecule has 0 unspecified atom stereocenters. The predicted molar refractivity (Wildman–Crippen MR) is 156 cm³/mol. The second-order valence-electron chi connectivity index (χ2n) is 10.6. The smallest absolute Gasteiger partial charge is 0.416 e. The van der Waals surface area contributed by atoms with Crippen LogP contribution in [-0.4, -0.2) is 57.1 Å². The molecule has 0 saturated heterocycles. The molecule has 2 aromatic rings. The second-order valence-corrected chi connectivity index (χ2v) is 12.5. The van der Waals surface area contributed by atoms with E-state index in [0.717, 1.165) is 66.4 Å². The molecular formula is C30H40F3N3O5S. The Morgan fingerprint density at radius 2 is 1.76 bits per heavy atom. The van der Waals surface area contributed by atoms with Crippen molar-refractivity contribution in [3.05, 3.63) is 59.7 Å². The summed E-state index contributed by atoms with van der Waals surface area (Å²) in [5, 5.41) is 3.11. The number of rotatable bonds is 13. The van der Waals surface area contributed by atoms with E-state index in [1.807, 2.05) is 13.0 Å². The average molecular weight is 612 g/mol. The summed E-state index contributed by atoms with van der Waals surface area (Å²) < 4.78 is 71.0. The van der Waals surface area contributed by atoms with Gasteiger partial charge in [-0.05, 0) is 61.6 Å². The summed E-state index contributed by atoms with van der Waals surface area (Å²) in [6.45, 7) is 1.76. The molecule has 0 heterocycles. The van der Waals surface area contributed by atoms with Gasteiger partial charge in [0, 0.05) is 25.6 Å². The normalized spacial score (nSPS) is 15.1. The zero-order valence-corrected chi connectivity index (χ0v) is 25.1. The molecule has 1 atom stereocenters. The van der Waals surface area contributed by atoms with Gasteiger partial charge in [-0.25, -0.2) is 8.42 Å². The molecule has 0 aliphatic heterocycles. The molecule has 0 radical (unpaired) electrons. The van der Waals surface area contributed by atoms with Crippen LogP contribution in [0.25, 0.3) is 0 Å². The molecule has 1 fully saturated rings. The Kier molecular flexibility index (Phi) is 11.7. The van der Waals surface area contributed by atoms with E-state index in [1.165, 1.54) is 18.1 Å². The monoisotopic (exact) mass is 611 g/mol. The Bertz CT molecular complexity index is 1310. The third-order valence-electron chi connectivity index (χ3n) is 7.44. The molecule has 1 saturated carbocycles. The number of sulfonamides is 1. The van der Waals surface area contributed by atoms with E-state index in [-0.39, 0.29) is 49.5 Å². The number of carbonyl (C=O) groups is 2. The lowest BCUT2D eigenvalue weighted by Crippen LogP contribution is -2.51. The highest BCUT2D eigenvalue weighted by Gasteiger charge is 2.33. The highest BCUT2D eigenvalue weighted by Crippen LogP contribution is 2.32. The van der Waals surface area contributed by atoms with Crippen LogP contribution in [0.5, 0.6) is 5.75 Å². The topological polar surface area (TPSA) is 96.0 Å². The summed E-state index contributed by atoms with van der Waals surface area (Å²) in [6.07, 6.45) is 1.57. The number of ether oxygens (including phenoxy) is 1. The van der Waals surface area contributed by atoms with Crippen LogP contribution in [0, 0.1) is 0 Å². The molecule has 0 aromatic heterocycles. The zero-order chi connectivity index (χ0) is 30.9. The molecular weight excluding hydrogens is 571 g/mol. The van der Waals surface area contributed by atoms with Crippen LogP contribution in [0.3, 0.4) is 0 Å². The van der Waals surface area contributed by atoms with Gasteiger partial charge in [-0.1, -0.05) is 44.4 Å². The largest absolute Gasteiger partial charge is 0.497 e. The van der Waals surface area contributed by atoms with Crippen LogP contribution in [-0.2, 0) is 32.3 Å². The van der Waals surface area contributed by atoms with E-state index in [9.17, 15) is 31.2 Å². The molecule has 2 aromatic carbocycles. The van der Waals surface area contributed by atoms with Gasteiger partial charge < -0.3 is 15.0 Å². The summed E-state index contributed by atoms with van der Waals surface area (Å²) in [4.78, 5) is 28.6. The first kappa shape index (κ1) is 33.2. The molecule has 42 heavy (non-hydrogen) atoms. The number of hydrogen-bond donors (Lipinski definition) is 1. The van der Waals surface area contributed by atoms with Gasteiger partial charge in [-0.2, -0.15) is 13.2 Å². The molecule has 232 valence electrons. The second kappa shape index (κ2) is 14.8. The highest BCUT2D eigenvalue weighted by atomic mass is 32.2. The van der Waals surface area contributed by atoms with E-state index in [4.69, 9.17) is 4.74 Å². The first-order valence-electron chi connectivity index (χ1n) is 14.2. The maximum absolute atomic E-state index is 13.7. The van der Waals surface area contributed by atoms with E-state index in [0.29, 0.717) is 12.2 Å². The van der Waals surface area contributed by atoms with Crippen LogP contribution in [0.1, 0.15) is 69.4 Å². The number of methoxy groups -OCH3 is 1. The van der Waals surface area contributed by atoms with Crippen LogP contribution in [0.4, 0.5) is 18.9 Å². The van der Waals surface area contributed by atoms with Crippen LogP contribution in [0.2, 0.25) is 0 Å². The van der Waals surface area contributed by atoms with E-state index in [1.54, 1.807) is 18.2 Å². The molecule has 0 bridgehead atoms. The molecule has 1 N–H and O–H groups in total. The summed E-state index contributed by atoms with van der Waals surface area (Å²) in [6, 6.07) is 10.6. The van der Waals surface area contributed by atoms with Crippen molar-refractivity contribution in [2.45, 2.75) is 83.1 Å². The van der Waals surface area contributed by atoms with Crippen LogP contribution in [0.15, 0.2) is 48.5 Å². The molecule has 3 rings (SSSR count). The van der Waals surface area contributed by atoms with Gasteiger partial charge in [-0.15, -0.1) is 0 Å². The minimum absolute atomic E-state index is 0.0391. The van der Waals surface area contributed by atoms with Crippen molar-refractivity contribution in [3.8, 4) is 5.75 Å². The number of amides is 2. The van der Waals surface area contributed by atoms with Gasteiger partial charge in [-0.3, -0.25) is 13.9 Å². The van der Waals surface area contributed by atoms with E-state index < -0.39 is 27.8 Å². The third kappa shape index (κ3) is 9.37. The standard InChI is InChI=1S/C30H40F3N3O5S/c1-4-27(29(38)34-24-13-6-5-7-14-24)35(21-22-11-8-16-26(19-22)41-2)28(37)17-10-18-36(42(3,39)40)25-15-9-12-23(20-25)30(31,32)33/h8-9,11-12,15-16,19-20,24,27H,4-7,10,13-14,17-18,21H2,1-3H3,(H,34,38)/t27-/m0/s1. The number of anilines is 1. The van der Waals surface area contributed by atoms with Crippen molar-refractivity contribution in [2.75, 3.05) is 24.2 Å². The van der Waals surface area contributed by atoms with Crippen molar-refractivity contribution in [1.82, 2.24) is 10.2 Å². The van der Waals surface area contributed by atoms with Crippen LogP contribution >= 0.6 is 0 Å². The SMILES string of the molecule is CC[C@@H](C(=O)NC1CCCCC1)N(Cc1cccc(OC)c1)C(=O)CCCN(c1cccc(C(F)(F)F)c1)S(C)(=O)=O. The summed E-state index contributed by atoms with van der Waals surface area (Å²) >= 11 is 0. The van der Waals surface area contributed by atoms with Crippen molar-refractivity contribution >= 4 is 27.5 Å². The lowest BCUT2D eigenvalue weighted by Gasteiger charge is -2.33. The van der Waals surface area contributed by atoms with E-state index in [2.05, 4.69) is 5.32 Å². The lowest BCUT2D eigenvalue weighted by atomic mass is 9.95. The fourth-order valence-electron chi connectivity index (χ4n) is 5.27. The van der Waals surface area contributed by atoms with Gasteiger partial charge >= 0.3 is 6.18 Å². The molecule has 12 heteroatoms. The highest BCUT2D eigenvalue weighted by molar-refractivity contribution is 7.92. The van der Waals surface area contributed by atoms with Crippen molar-refractivity contribution in [2.24, 2.45) is 0 Å². The number of halogens is 3. The predicted octanol–water partition coefficient (Wildman–Crippen LogP) is 5.52. The van der Waals surface area contributed by atoms with Crippen LogP contribution < -0.4 is 14.4 Å². The van der Waals surface area contributed by atoms with Gasteiger partial charge in [0.15, 0.2) is 0 Å². The van der Waals surface area contributed by atoms with Crippen molar-refractivity contribution in [1.29, 1.82) is 0 Å². The third-order valence-corrected chi connectivity index (χ3v) is 8.63. The maximum atomic E-state index is 13.7. The number of carbonyl (C=O) groups excluding carboxylic acids is 2. The number of alkyl halides is 3. The number of hydrogen-bond acceptors (Lipinski definition) is 5. The molecule has 1 aliphatic rings. The first-order valence-corrected chi connectivity index (χ1v) is 16.1. The number of nitrogens with one attached hydrogen (secondary N) is 1. The Labute approximate surface area is 246 Å². The fraction of sp³-hybridized carbons (Fsp3) is 0.533. The van der Waals surface area contributed by atoms with E-state index >= 15 is 0 Å².